The summed E-state index contributed by atoms with van der Waals surface area (Å²) in [5.41, 5.74) is 4.45. The Bertz CT molecular complexity index is 757. The van der Waals surface area contributed by atoms with Gasteiger partial charge < -0.3 is 4.90 Å². The van der Waals surface area contributed by atoms with E-state index in [2.05, 4.69) is 55.1 Å². The molecule has 3 nitrogen and oxygen atoms in total. The van der Waals surface area contributed by atoms with Gasteiger partial charge in [0.25, 0.3) is 0 Å². The Morgan fingerprint density at radius 3 is 2.29 bits per heavy atom. The summed E-state index contributed by atoms with van der Waals surface area (Å²) in [4.78, 5) is 12.5. The SMILES string of the molecule is CC(C)c1ccc2nc(-c3ccc(N(C)C)cc3)sc2n1. The number of anilines is 1. The summed E-state index contributed by atoms with van der Waals surface area (Å²) < 4.78 is 0. The normalized spacial score (nSPS) is 11.3. The predicted octanol–water partition coefficient (Wildman–Crippen LogP) is 4.55. The third-order valence-electron chi connectivity index (χ3n) is 3.50. The van der Waals surface area contributed by atoms with Crippen LogP contribution in [0.2, 0.25) is 0 Å². The van der Waals surface area contributed by atoms with Crippen LogP contribution < -0.4 is 4.90 Å². The molecule has 2 aromatic heterocycles. The minimum atomic E-state index is 0.444. The van der Waals surface area contributed by atoms with Gasteiger partial charge in [0, 0.05) is 31.0 Å². The zero-order chi connectivity index (χ0) is 15.0. The number of hydrogen-bond donors (Lipinski definition) is 0. The van der Waals surface area contributed by atoms with E-state index in [-0.39, 0.29) is 0 Å². The standard InChI is InChI=1S/C17H19N3S/c1-11(2)14-9-10-15-17(18-14)21-16(19-15)12-5-7-13(8-6-12)20(3)4/h5-11H,1-4H3. The topological polar surface area (TPSA) is 29.0 Å². The van der Waals surface area contributed by atoms with E-state index in [1.54, 1.807) is 11.3 Å². The van der Waals surface area contributed by atoms with Crippen molar-refractivity contribution in [2.75, 3.05) is 19.0 Å². The Morgan fingerprint density at radius 1 is 0.952 bits per heavy atom. The summed E-state index contributed by atoms with van der Waals surface area (Å²) in [6.07, 6.45) is 0. The van der Waals surface area contributed by atoms with Gasteiger partial charge >= 0.3 is 0 Å². The first-order valence-electron chi connectivity index (χ1n) is 7.10. The molecule has 108 valence electrons. The molecule has 3 aromatic rings. The molecule has 0 saturated heterocycles. The van der Waals surface area contributed by atoms with Crippen molar-refractivity contribution in [3.05, 3.63) is 42.1 Å². The van der Waals surface area contributed by atoms with Gasteiger partial charge in [-0.15, -0.1) is 0 Å². The highest BCUT2D eigenvalue weighted by molar-refractivity contribution is 7.21. The van der Waals surface area contributed by atoms with E-state index in [1.165, 1.54) is 5.69 Å². The van der Waals surface area contributed by atoms with Crippen LogP contribution in [0.15, 0.2) is 36.4 Å². The van der Waals surface area contributed by atoms with E-state index in [0.29, 0.717) is 5.92 Å². The molecule has 0 aliphatic rings. The minimum Gasteiger partial charge on any atom is -0.378 e. The van der Waals surface area contributed by atoms with E-state index in [1.807, 2.05) is 14.1 Å². The molecule has 0 aliphatic carbocycles. The number of hydrogen-bond acceptors (Lipinski definition) is 4. The zero-order valence-corrected chi connectivity index (χ0v) is 13.6. The van der Waals surface area contributed by atoms with Crippen molar-refractivity contribution in [2.45, 2.75) is 19.8 Å². The van der Waals surface area contributed by atoms with Gasteiger partial charge in [0.15, 0.2) is 0 Å². The summed E-state index contributed by atoms with van der Waals surface area (Å²) in [6, 6.07) is 12.6. The minimum absolute atomic E-state index is 0.444. The number of nitrogens with zero attached hydrogens (tertiary/aromatic N) is 3. The van der Waals surface area contributed by atoms with Crippen molar-refractivity contribution < 1.29 is 0 Å². The number of pyridine rings is 1. The van der Waals surface area contributed by atoms with E-state index < -0.39 is 0 Å². The highest BCUT2D eigenvalue weighted by Crippen LogP contribution is 2.30. The second-order valence-electron chi connectivity index (χ2n) is 5.68. The zero-order valence-electron chi connectivity index (χ0n) is 12.8. The molecule has 0 radical (unpaired) electrons. The van der Waals surface area contributed by atoms with Crippen molar-refractivity contribution in [1.29, 1.82) is 0 Å². The van der Waals surface area contributed by atoms with Gasteiger partial charge in [-0.25, -0.2) is 9.97 Å². The lowest BCUT2D eigenvalue weighted by Crippen LogP contribution is -2.07. The number of rotatable bonds is 3. The summed E-state index contributed by atoms with van der Waals surface area (Å²) in [5, 5.41) is 1.03. The molecule has 0 N–H and O–H groups in total. The molecule has 21 heavy (non-hydrogen) atoms. The Kier molecular flexibility index (Phi) is 3.64. The Labute approximate surface area is 129 Å². The lowest BCUT2D eigenvalue weighted by Gasteiger charge is -2.11. The summed E-state index contributed by atoms with van der Waals surface area (Å²) in [7, 11) is 4.09. The van der Waals surface area contributed by atoms with Crippen LogP contribution in [0.5, 0.6) is 0 Å². The molecule has 0 atom stereocenters. The summed E-state index contributed by atoms with van der Waals surface area (Å²) >= 11 is 1.66. The maximum atomic E-state index is 4.71. The summed E-state index contributed by atoms with van der Waals surface area (Å²) in [6.45, 7) is 4.33. The molecular weight excluding hydrogens is 278 g/mol. The van der Waals surface area contributed by atoms with Crippen molar-refractivity contribution in [3.8, 4) is 10.6 Å². The highest BCUT2D eigenvalue weighted by Gasteiger charge is 2.09. The molecule has 0 amide bonds. The van der Waals surface area contributed by atoms with Gasteiger partial charge in [0.05, 0.1) is 0 Å². The molecule has 2 heterocycles. The van der Waals surface area contributed by atoms with E-state index in [4.69, 9.17) is 9.97 Å². The molecule has 0 spiro atoms. The van der Waals surface area contributed by atoms with E-state index in [9.17, 15) is 0 Å². The van der Waals surface area contributed by atoms with Crippen LogP contribution in [-0.4, -0.2) is 24.1 Å². The van der Waals surface area contributed by atoms with Crippen LogP contribution in [-0.2, 0) is 0 Å². The Balaban J connectivity index is 2.00. The van der Waals surface area contributed by atoms with Gasteiger partial charge in [-0.1, -0.05) is 25.2 Å². The molecule has 0 saturated carbocycles. The van der Waals surface area contributed by atoms with Crippen LogP contribution >= 0.6 is 11.3 Å². The largest absolute Gasteiger partial charge is 0.378 e. The quantitative estimate of drug-likeness (QED) is 0.710. The number of fused-ring (bicyclic) bond motifs is 1. The third-order valence-corrected chi connectivity index (χ3v) is 4.51. The second-order valence-corrected chi connectivity index (χ2v) is 6.65. The molecule has 0 aliphatic heterocycles. The lowest BCUT2D eigenvalue weighted by molar-refractivity contribution is 0.831. The fraction of sp³-hybridized carbons (Fsp3) is 0.294. The van der Waals surface area contributed by atoms with Crippen LogP contribution in [0.3, 0.4) is 0 Å². The monoisotopic (exact) mass is 297 g/mol. The van der Waals surface area contributed by atoms with Gasteiger partial charge in [-0.3, -0.25) is 0 Å². The average Bonchev–Trinajstić information content (AvgIpc) is 2.90. The molecule has 0 bridgehead atoms. The molecule has 4 heteroatoms. The fourth-order valence-electron chi connectivity index (χ4n) is 2.18. The smallest absolute Gasteiger partial charge is 0.144 e. The van der Waals surface area contributed by atoms with Crippen LogP contribution in [0, 0.1) is 0 Å². The van der Waals surface area contributed by atoms with Crippen molar-refractivity contribution in [3.63, 3.8) is 0 Å². The van der Waals surface area contributed by atoms with Gasteiger partial charge in [-0.05, 0) is 42.3 Å². The lowest BCUT2D eigenvalue weighted by atomic mass is 10.1. The highest BCUT2D eigenvalue weighted by atomic mass is 32.1. The van der Waals surface area contributed by atoms with Crippen LogP contribution in [0.1, 0.15) is 25.5 Å². The molecule has 0 fully saturated rings. The van der Waals surface area contributed by atoms with Crippen molar-refractivity contribution in [2.24, 2.45) is 0 Å². The van der Waals surface area contributed by atoms with E-state index >= 15 is 0 Å². The van der Waals surface area contributed by atoms with Crippen LogP contribution in [0.25, 0.3) is 20.9 Å². The molecular formula is C17H19N3S. The van der Waals surface area contributed by atoms with Gasteiger partial charge in [-0.2, -0.15) is 0 Å². The summed E-state index contributed by atoms with van der Waals surface area (Å²) in [5.74, 6) is 0.444. The molecule has 0 unspecified atom stereocenters. The Hall–Kier alpha value is -1.94. The van der Waals surface area contributed by atoms with Gasteiger partial charge in [0.2, 0.25) is 0 Å². The first kappa shape index (κ1) is 14.0. The van der Waals surface area contributed by atoms with Crippen molar-refractivity contribution in [1.82, 2.24) is 9.97 Å². The Morgan fingerprint density at radius 2 is 1.67 bits per heavy atom. The second kappa shape index (κ2) is 5.45. The fourth-order valence-corrected chi connectivity index (χ4v) is 3.13. The maximum Gasteiger partial charge on any atom is 0.144 e. The maximum absolute atomic E-state index is 4.71. The van der Waals surface area contributed by atoms with Crippen LogP contribution in [0.4, 0.5) is 5.69 Å². The van der Waals surface area contributed by atoms with Gasteiger partial charge in [0.1, 0.15) is 15.4 Å². The first-order valence-corrected chi connectivity index (χ1v) is 7.91. The average molecular weight is 297 g/mol. The number of thiazole rings is 1. The van der Waals surface area contributed by atoms with Crippen molar-refractivity contribution >= 4 is 27.4 Å². The molecule has 1 aromatic carbocycles. The number of benzene rings is 1. The number of aromatic nitrogens is 2. The first-order chi connectivity index (χ1) is 10.0. The predicted molar refractivity (Wildman–Crippen MR) is 91.3 cm³/mol. The third kappa shape index (κ3) is 2.76. The van der Waals surface area contributed by atoms with E-state index in [0.717, 1.165) is 26.6 Å². The molecule has 3 rings (SSSR count).